The van der Waals surface area contributed by atoms with Gasteiger partial charge in [0, 0.05) is 29.9 Å². The van der Waals surface area contributed by atoms with Gasteiger partial charge in [-0.1, -0.05) is 43.7 Å². The first kappa shape index (κ1) is 20.3. The number of pyridine rings is 2. The van der Waals surface area contributed by atoms with Gasteiger partial charge in [-0.05, 0) is 42.5 Å². The Labute approximate surface area is 179 Å². The summed E-state index contributed by atoms with van der Waals surface area (Å²) in [5.74, 6) is 0. The number of aromatic nitrogens is 5. The van der Waals surface area contributed by atoms with E-state index in [2.05, 4.69) is 47.1 Å². The SMILES string of the molecule is Cc1cc(C(C)(C)C)c(Cl)cc1-c1cc(=O)c2c(-c3nnn(C)c3C)nccc2[nH]1. The third-order valence-electron chi connectivity index (χ3n) is 5.49. The number of benzene rings is 1. The zero-order valence-electron chi connectivity index (χ0n) is 18.0. The molecule has 0 radical (unpaired) electrons. The highest BCUT2D eigenvalue weighted by Crippen LogP contribution is 2.35. The lowest BCUT2D eigenvalue weighted by Gasteiger charge is -2.22. The molecular weight excluding hydrogens is 398 g/mol. The number of aryl methyl sites for hydroxylation is 2. The van der Waals surface area contributed by atoms with Crippen LogP contribution in [0.1, 0.15) is 37.6 Å². The summed E-state index contributed by atoms with van der Waals surface area (Å²) in [4.78, 5) is 21.0. The second-order valence-corrected chi connectivity index (χ2v) is 9.08. The van der Waals surface area contributed by atoms with Gasteiger partial charge in [-0.2, -0.15) is 0 Å². The molecule has 30 heavy (non-hydrogen) atoms. The molecule has 0 aliphatic heterocycles. The Bertz CT molecular complexity index is 1340. The summed E-state index contributed by atoms with van der Waals surface area (Å²) in [6, 6.07) is 7.44. The van der Waals surface area contributed by atoms with E-state index in [-0.39, 0.29) is 10.8 Å². The Kier molecular flexibility index (Phi) is 4.77. The smallest absolute Gasteiger partial charge is 0.192 e. The Morgan fingerprint density at radius 3 is 2.47 bits per heavy atom. The summed E-state index contributed by atoms with van der Waals surface area (Å²) >= 11 is 6.60. The van der Waals surface area contributed by atoms with Crippen LogP contribution in [0, 0.1) is 13.8 Å². The summed E-state index contributed by atoms with van der Waals surface area (Å²) in [6.07, 6.45) is 1.67. The maximum Gasteiger partial charge on any atom is 0.192 e. The molecule has 3 heterocycles. The van der Waals surface area contributed by atoms with E-state index in [4.69, 9.17) is 11.6 Å². The summed E-state index contributed by atoms with van der Waals surface area (Å²) in [6.45, 7) is 10.3. The largest absolute Gasteiger partial charge is 0.354 e. The molecule has 0 unspecified atom stereocenters. The third-order valence-corrected chi connectivity index (χ3v) is 5.80. The van der Waals surface area contributed by atoms with Crippen LogP contribution in [0.4, 0.5) is 0 Å². The minimum atomic E-state index is -0.123. The first-order chi connectivity index (χ1) is 14.1. The van der Waals surface area contributed by atoms with Crippen LogP contribution in [0.5, 0.6) is 0 Å². The fraction of sp³-hybridized carbons (Fsp3) is 0.304. The first-order valence-corrected chi connectivity index (χ1v) is 10.2. The lowest BCUT2D eigenvalue weighted by Crippen LogP contribution is -2.12. The van der Waals surface area contributed by atoms with Crippen molar-refractivity contribution in [2.24, 2.45) is 7.05 Å². The van der Waals surface area contributed by atoms with Gasteiger partial charge in [-0.25, -0.2) is 0 Å². The van der Waals surface area contributed by atoms with Gasteiger partial charge >= 0.3 is 0 Å². The van der Waals surface area contributed by atoms with E-state index in [1.807, 2.05) is 27.0 Å². The van der Waals surface area contributed by atoms with Crippen LogP contribution in [0.25, 0.3) is 33.5 Å². The molecule has 0 saturated carbocycles. The van der Waals surface area contributed by atoms with Crippen LogP contribution in [0.15, 0.2) is 35.3 Å². The molecule has 0 aliphatic carbocycles. The number of aromatic amines is 1. The molecule has 1 aromatic carbocycles. The van der Waals surface area contributed by atoms with Crippen molar-refractivity contribution in [3.63, 3.8) is 0 Å². The van der Waals surface area contributed by atoms with E-state index >= 15 is 0 Å². The van der Waals surface area contributed by atoms with Gasteiger partial charge in [-0.3, -0.25) is 14.5 Å². The molecule has 0 aliphatic rings. The second kappa shape index (κ2) is 7.06. The number of fused-ring (bicyclic) bond motifs is 1. The number of nitrogens with one attached hydrogen (secondary N) is 1. The molecule has 0 amide bonds. The van der Waals surface area contributed by atoms with Crippen molar-refractivity contribution in [2.45, 2.75) is 40.0 Å². The van der Waals surface area contributed by atoms with Gasteiger partial charge in [0.1, 0.15) is 11.4 Å². The van der Waals surface area contributed by atoms with Crippen LogP contribution >= 0.6 is 11.6 Å². The summed E-state index contributed by atoms with van der Waals surface area (Å²) < 4.78 is 1.67. The van der Waals surface area contributed by atoms with Crippen molar-refractivity contribution < 1.29 is 0 Å². The fourth-order valence-electron chi connectivity index (χ4n) is 3.69. The molecule has 0 atom stereocenters. The highest BCUT2D eigenvalue weighted by Gasteiger charge is 2.21. The van der Waals surface area contributed by atoms with E-state index in [0.717, 1.165) is 28.1 Å². The number of hydrogen-bond donors (Lipinski definition) is 1. The molecule has 7 heteroatoms. The zero-order chi connectivity index (χ0) is 21.8. The number of H-pyrrole nitrogens is 1. The van der Waals surface area contributed by atoms with Crippen LogP contribution < -0.4 is 5.43 Å². The molecule has 0 bridgehead atoms. The molecule has 3 aromatic heterocycles. The second-order valence-electron chi connectivity index (χ2n) is 8.67. The Balaban J connectivity index is 1.93. The van der Waals surface area contributed by atoms with Gasteiger partial charge in [0.25, 0.3) is 0 Å². The lowest BCUT2D eigenvalue weighted by molar-refractivity contribution is 0.590. The molecule has 154 valence electrons. The van der Waals surface area contributed by atoms with Crippen LogP contribution in [0.2, 0.25) is 5.02 Å². The molecule has 0 saturated heterocycles. The van der Waals surface area contributed by atoms with Crippen molar-refractivity contribution in [3.8, 4) is 22.6 Å². The quantitative estimate of drug-likeness (QED) is 0.496. The van der Waals surface area contributed by atoms with E-state index in [1.165, 1.54) is 0 Å². The average Bonchev–Trinajstić information content (AvgIpc) is 3.00. The third kappa shape index (κ3) is 3.31. The van der Waals surface area contributed by atoms with E-state index in [0.29, 0.717) is 27.3 Å². The molecule has 1 N–H and O–H groups in total. The summed E-state index contributed by atoms with van der Waals surface area (Å²) in [5, 5.41) is 9.43. The number of rotatable bonds is 2. The topological polar surface area (TPSA) is 76.5 Å². The Hall–Kier alpha value is -2.99. The van der Waals surface area contributed by atoms with Crippen molar-refractivity contribution >= 4 is 22.5 Å². The Morgan fingerprint density at radius 2 is 1.83 bits per heavy atom. The van der Waals surface area contributed by atoms with Gasteiger partial charge in [0.05, 0.1) is 22.3 Å². The van der Waals surface area contributed by atoms with Crippen LogP contribution in [-0.4, -0.2) is 25.0 Å². The van der Waals surface area contributed by atoms with E-state index in [1.54, 1.807) is 23.0 Å². The standard InChI is InChI=1S/C23H24ClN5O/c1-12-9-15(23(3,4)5)16(24)10-14(12)18-11-19(30)20-17(26-18)7-8-25-22(20)21-13(2)29(6)28-27-21/h7-11H,1-6H3,(H,26,30). The van der Waals surface area contributed by atoms with Crippen molar-refractivity contribution in [3.05, 3.63) is 62.5 Å². The van der Waals surface area contributed by atoms with Gasteiger partial charge in [-0.15, -0.1) is 5.10 Å². The number of halogens is 1. The fourth-order valence-corrected chi connectivity index (χ4v) is 4.14. The highest BCUT2D eigenvalue weighted by molar-refractivity contribution is 6.31. The summed E-state index contributed by atoms with van der Waals surface area (Å²) in [5.41, 5.74) is 6.26. The predicted molar refractivity (Wildman–Crippen MR) is 121 cm³/mol. The van der Waals surface area contributed by atoms with Gasteiger partial charge in [0.2, 0.25) is 0 Å². The maximum absolute atomic E-state index is 13.2. The van der Waals surface area contributed by atoms with Crippen molar-refractivity contribution in [1.82, 2.24) is 25.0 Å². The van der Waals surface area contributed by atoms with E-state index < -0.39 is 0 Å². The molecule has 4 rings (SSSR count). The molecule has 0 fully saturated rings. The minimum absolute atomic E-state index is 0.0632. The highest BCUT2D eigenvalue weighted by atomic mass is 35.5. The van der Waals surface area contributed by atoms with Crippen molar-refractivity contribution in [1.29, 1.82) is 0 Å². The predicted octanol–water partition coefficient (Wildman–Crippen LogP) is 4.95. The maximum atomic E-state index is 13.2. The van der Waals surface area contributed by atoms with Gasteiger partial charge < -0.3 is 4.98 Å². The Morgan fingerprint density at radius 1 is 1.10 bits per heavy atom. The number of hydrogen-bond acceptors (Lipinski definition) is 4. The van der Waals surface area contributed by atoms with Crippen LogP contribution in [0.3, 0.4) is 0 Å². The van der Waals surface area contributed by atoms with Crippen molar-refractivity contribution in [2.75, 3.05) is 0 Å². The van der Waals surface area contributed by atoms with Crippen LogP contribution in [-0.2, 0) is 12.5 Å². The van der Waals surface area contributed by atoms with Gasteiger partial charge in [0.15, 0.2) is 5.43 Å². The zero-order valence-corrected chi connectivity index (χ0v) is 18.7. The molecule has 4 aromatic rings. The monoisotopic (exact) mass is 421 g/mol. The normalized spacial score (nSPS) is 12.0. The summed E-state index contributed by atoms with van der Waals surface area (Å²) in [7, 11) is 1.81. The first-order valence-electron chi connectivity index (χ1n) is 9.77. The lowest BCUT2D eigenvalue weighted by atomic mass is 9.85. The average molecular weight is 422 g/mol. The van der Waals surface area contributed by atoms with E-state index in [9.17, 15) is 4.79 Å². The molecule has 6 nitrogen and oxygen atoms in total. The minimum Gasteiger partial charge on any atom is -0.354 e. The molecule has 0 spiro atoms. The molecular formula is C23H24ClN5O. The number of nitrogens with zero attached hydrogens (tertiary/aromatic N) is 4.